The van der Waals surface area contributed by atoms with E-state index in [4.69, 9.17) is 21.1 Å². The van der Waals surface area contributed by atoms with Crippen molar-refractivity contribution in [3.63, 3.8) is 0 Å². The predicted molar refractivity (Wildman–Crippen MR) is 72.4 cm³/mol. The zero-order valence-corrected chi connectivity index (χ0v) is 11.5. The second kappa shape index (κ2) is 8.32. The second-order valence-corrected chi connectivity index (χ2v) is 4.51. The zero-order valence-electron chi connectivity index (χ0n) is 10.8. The van der Waals surface area contributed by atoms with Crippen LogP contribution in [0.3, 0.4) is 0 Å². The number of benzene rings is 1. The lowest BCUT2D eigenvalue weighted by Crippen LogP contribution is -2.33. The minimum Gasteiger partial charge on any atom is -0.491 e. The molecular weight excluding hydrogens is 254 g/mol. The van der Waals surface area contributed by atoms with Crippen LogP contribution < -0.4 is 10.1 Å². The van der Waals surface area contributed by atoms with Gasteiger partial charge in [0.2, 0.25) is 0 Å². The van der Waals surface area contributed by atoms with Crippen LogP contribution in [0.15, 0.2) is 18.2 Å². The van der Waals surface area contributed by atoms with Gasteiger partial charge in [-0.25, -0.2) is 0 Å². The minimum atomic E-state index is -0.545. The lowest BCUT2D eigenvalue weighted by atomic mass is 10.2. The number of halogens is 1. The number of aryl methyl sites for hydroxylation is 1. The zero-order chi connectivity index (χ0) is 13.4. The number of hydrogen-bond acceptors (Lipinski definition) is 4. The molecular formula is C13H20ClNO3. The van der Waals surface area contributed by atoms with Crippen LogP contribution in [0.5, 0.6) is 5.75 Å². The molecule has 0 amide bonds. The molecule has 1 aromatic rings. The van der Waals surface area contributed by atoms with Crippen molar-refractivity contribution in [1.82, 2.24) is 5.32 Å². The van der Waals surface area contributed by atoms with Gasteiger partial charge in [-0.2, -0.15) is 0 Å². The Morgan fingerprint density at radius 3 is 2.89 bits per heavy atom. The Bertz CT molecular complexity index is 360. The van der Waals surface area contributed by atoms with E-state index in [0.717, 1.165) is 11.3 Å². The fourth-order valence-electron chi connectivity index (χ4n) is 1.46. The van der Waals surface area contributed by atoms with Crippen molar-refractivity contribution < 1.29 is 14.6 Å². The first kappa shape index (κ1) is 15.2. The molecule has 1 aromatic carbocycles. The summed E-state index contributed by atoms with van der Waals surface area (Å²) in [6.45, 7) is 4.00. The smallest absolute Gasteiger partial charge is 0.122 e. The molecule has 0 aliphatic rings. The summed E-state index contributed by atoms with van der Waals surface area (Å²) in [6, 6.07) is 5.41. The highest BCUT2D eigenvalue weighted by molar-refractivity contribution is 6.30. The number of nitrogens with one attached hydrogen (secondary N) is 1. The molecule has 0 spiro atoms. The quantitative estimate of drug-likeness (QED) is 0.707. The molecule has 102 valence electrons. The van der Waals surface area contributed by atoms with E-state index in [1.165, 1.54) is 0 Å². The van der Waals surface area contributed by atoms with Crippen LogP contribution in [0.2, 0.25) is 5.02 Å². The molecule has 0 heterocycles. The summed E-state index contributed by atoms with van der Waals surface area (Å²) in [5.41, 5.74) is 0.960. The normalized spacial score (nSPS) is 12.4. The summed E-state index contributed by atoms with van der Waals surface area (Å²) in [5, 5.41) is 13.5. The molecule has 4 nitrogen and oxygen atoms in total. The first-order chi connectivity index (χ1) is 8.63. The van der Waals surface area contributed by atoms with E-state index in [2.05, 4.69) is 5.32 Å². The van der Waals surface area contributed by atoms with Gasteiger partial charge in [-0.1, -0.05) is 11.6 Å². The van der Waals surface area contributed by atoms with E-state index >= 15 is 0 Å². The first-order valence-corrected chi connectivity index (χ1v) is 6.28. The van der Waals surface area contributed by atoms with Crippen LogP contribution in [-0.4, -0.2) is 44.6 Å². The third-order valence-corrected chi connectivity index (χ3v) is 2.67. The van der Waals surface area contributed by atoms with E-state index in [1.54, 1.807) is 13.2 Å². The Kier molecular flexibility index (Phi) is 7.05. The Balaban J connectivity index is 2.27. The summed E-state index contributed by atoms with van der Waals surface area (Å²) in [7, 11) is 1.64. The number of hydrogen-bond donors (Lipinski definition) is 2. The van der Waals surface area contributed by atoms with Crippen LogP contribution in [0.25, 0.3) is 0 Å². The van der Waals surface area contributed by atoms with E-state index in [1.807, 2.05) is 19.1 Å². The molecule has 0 aliphatic carbocycles. The molecule has 1 unspecified atom stereocenters. The van der Waals surface area contributed by atoms with E-state index in [-0.39, 0.29) is 6.61 Å². The number of aliphatic hydroxyl groups is 1. The van der Waals surface area contributed by atoms with Gasteiger partial charge in [0.25, 0.3) is 0 Å². The molecule has 1 rings (SSSR count). The third kappa shape index (κ3) is 5.69. The Hall–Kier alpha value is -0.810. The van der Waals surface area contributed by atoms with E-state index < -0.39 is 6.10 Å². The van der Waals surface area contributed by atoms with Crippen LogP contribution in [-0.2, 0) is 4.74 Å². The van der Waals surface area contributed by atoms with Crippen LogP contribution in [0.1, 0.15) is 5.56 Å². The molecule has 0 aromatic heterocycles. The standard InChI is InChI=1S/C13H20ClNO3/c1-10-7-11(14)3-4-13(10)18-9-12(16)8-15-5-6-17-2/h3-4,7,12,15-16H,5-6,8-9H2,1-2H3. The number of methoxy groups -OCH3 is 1. The molecule has 0 saturated heterocycles. The average molecular weight is 274 g/mol. The SMILES string of the molecule is COCCNCC(O)COc1ccc(Cl)cc1C. The van der Waals surface area contributed by atoms with Gasteiger partial charge in [-0.05, 0) is 30.7 Å². The maximum absolute atomic E-state index is 9.70. The molecule has 5 heteroatoms. The highest BCUT2D eigenvalue weighted by Gasteiger charge is 2.06. The number of rotatable bonds is 8. The molecule has 0 bridgehead atoms. The van der Waals surface area contributed by atoms with Crippen molar-refractivity contribution in [1.29, 1.82) is 0 Å². The van der Waals surface area contributed by atoms with Gasteiger partial charge in [-0.15, -0.1) is 0 Å². The van der Waals surface area contributed by atoms with Crippen molar-refractivity contribution >= 4 is 11.6 Å². The minimum absolute atomic E-state index is 0.252. The van der Waals surface area contributed by atoms with Crippen molar-refractivity contribution in [2.45, 2.75) is 13.0 Å². The third-order valence-electron chi connectivity index (χ3n) is 2.43. The van der Waals surface area contributed by atoms with Crippen LogP contribution in [0, 0.1) is 6.92 Å². The topological polar surface area (TPSA) is 50.7 Å². The van der Waals surface area contributed by atoms with Gasteiger partial charge in [-0.3, -0.25) is 0 Å². The maximum atomic E-state index is 9.70. The molecule has 0 saturated carbocycles. The Morgan fingerprint density at radius 1 is 1.44 bits per heavy atom. The summed E-state index contributed by atoms with van der Waals surface area (Å²) in [5.74, 6) is 0.746. The predicted octanol–water partition coefficient (Wildman–Crippen LogP) is 1.62. The molecule has 18 heavy (non-hydrogen) atoms. The van der Waals surface area contributed by atoms with Gasteiger partial charge < -0.3 is 19.9 Å². The summed E-state index contributed by atoms with van der Waals surface area (Å²) >= 11 is 5.85. The molecule has 0 radical (unpaired) electrons. The molecule has 2 N–H and O–H groups in total. The van der Waals surface area contributed by atoms with E-state index in [9.17, 15) is 5.11 Å². The number of ether oxygens (including phenoxy) is 2. The van der Waals surface area contributed by atoms with Gasteiger partial charge >= 0.3 is 0 Å². The van der Waals surface area contributed by atoms with Gasteiger partial charge in [0.05, 0.1) is 6.61 Å². The van der Waals surface area contributed by atoms with E-state index in [0.29, 0.717) is 24.7 Å². The fourth-order valence-corrected chi connectivity index (χ4v) is 1.69. The summed E-state index contributed by atoms with van der Waals surface area (Å²) in [6.07, 6.45) is -0.545. The van der Waals surface area contributed by atoms with Crippen molar-refractivity contribution in [3.8, 4) is 5.75 Å². The lowest BCUT2D eigenvalue weighted by molar-refractivity contribution is 0.103. The van der Waals surface area contributed by atoms with Gasteiger partial charge in [0, 0.05) is 25.2 Å². The maximum Gasteiger partial charge on any atom is 0.122 e. The second-order valence-electron chi connectivity index (χ2n) is 4.07. The molecule has 0 fully saturated rings. The Labute approximate surface area is 113 Å². The van der Waals surface area contributed by atoms with Crippen LogP contribution in [0.4, 0.5) is 0 Å². The molecule has 1 atom stereocenters. The van der Waals surface area contributed by atoms with Crippen molar-refractivity contribution in [2.24, 2.45) is 0 Å². The fraction of sp³-hybridized carbons (Fsp3) is 0.538. The summed E-state index contributed by atoms with van der Waals surface area (Å²) in [4.78, 5) is 0. The lowest BCUT2D eigenvalue weighted by Gasteiger charge is -2.14. The van der Waals surface area contributed by atoms with Crippen molar-refractivity contribution in [2.75, 3.05) is 33.4 Å². The first-order valence-electron chi connectivity index (χ1n) is 5.90. The van der Waals surface area contributed by atoms with Crippen LogP contribution >= 0.6 is 11.6 Å². The van der Waals surface area contributed by atoms with Gasteiger partial charge in [0.15, 0.2) is 0 Å². The molecule has 0 aliphatic heterocycles. The monoisotopic (exact) mass is 273 g/mol. The summed E-state index contributed by atoms with van der Waals surface area (Å²) < 4.78 is 10.4. The highest BCUT2D eigenvalue weighted by Crippen LogP contribution is 2.21. The van der Waals surface area contributed by atoms with Gasteiger partial charge in [0.1, 0.15) is 18.5 Å². The average Bonchev–Trinajstić information content (AvgIpc) is 2.33. The number of aliphatic hydroxyl groups excluding tert-OH is 1. The Morgan fingerprint density at radius 2 is 2.22 bits per heavy atom. The highest BCUT2D eigenvalue weighted by atomic mass is 35.5. The largest absolute Gasteiger partial charge is 0.491 e. The van der Waals surface area contributed by atoms with Crippen molar-refractivity contribution in [3.05, 3.63) is 28.8 Å².